The van der Waals surface area contributed by atoms with Gasteiger partial charge in [0.15, 0.2) is 0 Å². The lowest BCUT2D eigenvalue weighted by Gasteiger charge is -2.24. The van der Waals surface area contributed by atoms with Gasteiger partial charge >= 0.3 is 6.03 Å². The van der Waals surface area contributed by atoms with Crippen molar-refractivity contribution >= 4 is 11.8 Å². The van der Waals surface area contributed by atoms with Gasteiger partial charge in [-0.3, -0.25) is 5.32 Å². The maximum Gasteiger partial charge on any atom is 0.320 e. The van der Waals surface area contributed by atoms with Crippen LogP contribution in [0.2, 0.25) is 0 Å². The molecule has 0 radical (unpaired) electrons. The van der Waals surface area contributed by atoms with Crippen LogP contribution in [0, 0.1) is 5.82 Å². The van der Waals surface area contributed by atoms with Crippen LogP contribution >= 0.6 is 0 Å². The number of rotatable bonds is 3. The first-order chi connectivity index (χ1) is 10.6. The van der Waals surface area contributed by atoms with Gasteiger partial charge in [-0.25, -0.2) is 14.2 Å². The molecule has 0 spiro atoms. The fraction of sp³-hybridized carbons (Fsp3) is 0.250. The molecule has 0 fully saturated rings. The number of urea groups is 1. The summed E-state index contributed by atoms with van der Waals surface area (Å²) in [4.78, 5) is 15.6. The number of carbonyl (C=O) groups is 1. The maximum atomic E-state index is 12.7. The summed E-state index contributed by atoms with van der Waals surface area (Å²) >= 11 is 0. The molecule has 0 saturated heterocycles. The van der Waals surface area contributed by atoms with E-state index in [2.05, 4.69) is 15.6 Å². The van der Waals surface area contributed by atoms with Crippen molar-refractivity contribution in [1.29, 1.82) is 0 Å². The highest BCUT2D eigenvalue weighted by atomic mass is 19.1. The van der Waals surface area contributed by atoms with Crippen LogP contribution in [-0.4, -0.2) is 22.7 Å². The molecule has 5 nitrogen and oxygen atoms in total. The second-order valence-electron chi connectivity index (χ2n) is 5.36. The molecule has 2 amide bonds. The number of pyridine rings is 1. The molecule has 1 atom stereocenters. The highest BCUT2D eigenvalue weighted by molar-refractivity contribution is 5.88. The minimum absolute atomic E-state index is 0.108. The number of fused-ring (bicyclic) bond motifs is 1. The number of anilines is 1. The first kappa shape index (κ1) is 14.5. The van der Waals surface area contributed by atoms with Gasteiger partial charge < -0.3 is 10.4 Å². The highest BCUT2D eigenvalue weighted by Crippen LogP contribution is 2.36. The van der Waals surface area contributed by atoms with Crippen LogP contribution in [0.25, 0.3) is 0 Å². The molecule has 0 aliphatic heterocycles. The van der Waals surface area contributed by atoms with Crippen molar-refractivity contribution in [3.8, 4) is 0 Å². The van der Waals surface area contributed by atoms with E-state index in [-0.39, 0.29) is 12.4 Å². The molecule has 1 aliphatic rings. The van der Waals surface area contributed by atoms with Crippen LogP contribution in [0.4, 0.5) is 15.0 Å². The Hall–Kier alpha value is -2.47. The third-order valence-corrected chi connectivity index (χ3v) is 3.84. The fourth-order valence-electron chi connectivity index (χ4n) is 2.69. The molecule has 0 saturated carbocycles. The molecule has 114 valence electrons. The number of amides is 2. The monoisotopic (exact) mass is 301 g/mol. The summed E-state index contributed by atoms with van der Waals surface area (Å²) in [5.41, 5.74) is 0.909. The number of hydrogen-bond donors (Lipinski definition) is 3. The Bertz CT molecular complexity index is 690. The molecule has 3 rings (SSSR count). The largest absolute Gasteiger partial charge is 0.383 e. The zero-order valence-corrected chi connectivity index (χ0v) is 11.8. The Morgan fingerprint density at radius 2 is 2.14 bits per heavy atom. The summed E-state index contributed by atoms with van der Waals surface area (Å²) in [7, 11) is 0. The lowest BCUT2D eigenvalue weighted by Crippen LogP contribution is -2.41. The number of halogens is 1. The average molecular weight is 301 g/mol. The van der Waals surface area contributed by atoms with Gasteiger partial charge in [0.2, 0.25) is 0 Å². The van der Waals surface area contributed by atoms with Crippen molar-refractivity contribution in [2.45, 2.75) is 18.4 Å². The Balaban J connectivity index is 1.61. The first-order valence-corrected chi connectivity index (χ1v) is 7.04. The van der Waals surface area contributed by atoms with Crippen molar-refractivity contribution in [3.05, 3.63) is 59.5 Å². The molecular formula is C16H16FN3O2. The number of aryl methyl sites for hydroxylation is 1. The van der Waals surface area contributed by atoms with E-state index in [0.29, 0.717) is 6.42 Å². The zero-order chi connectivity index (χ0) is 15.6. The summed E-state index contributed by atoms with van der Waals surface area (Å²) in [6, 6.07) is 9.76. The number of carbonyl (C=O) groups excluding carboxylic acids is 1. The second kappa shape index (κ2) is 5.73. The molecule has 1 aromatic carbocycles. The topological polar surface area (TPSA) is 74.2 Å². The number of nitrogens with zero attached hydrogens (tertiary/aromatic N) is 1. The minimum atomic E-state index is -1.05. The van der Waals surface area contributed by atoms with Crippen LogP contribution in [0.3, 0.4) is 0 Å². The van der Waals surface area contributed by atoms with Crippen LogP contribution in [0.5, 0.6) is 0 Å². The van der Waals surface area contributed by atoms with Crippen molar-refractivity contribution in [3.63, 3.8) is 0 Å². The lowest BCUT2D eigenvalue weighted by molar-refractivity contribution is 0.0417. The SMILES string of the molecule is O=C(NC[C@@]1(O)CCc2ccccc21)Nc1ccc(F)cn1. The van der Waals surface area contributed by atoms with Gasteiger partial charge in [-0.15, -0.1) is 0 Å². The number of nitrogens with one attached hydrogen (secondary N) is 2. The van der Waals surface area contributed by atoms with Crippen molar-refractivity contribution in [2.75, 3.05) is 11.9 Å². The Morgan fingerprint density at radius 3 is 2.91 bits per heavy atom. The molecule has 0 unspecified atom stereocenters. The summed E-state index contributed by atoms with van der Waals surface area (Å²) in [5.74, 6) is -0.222. The number of benzene rings is 1. The molecule has 22 heavy (non-hydrogen) atoms. The van der Waals surface area contributed by atoms with Gasteiger partial charge in [-0.1, -0.05) is 24.3 Å². The number of aliphatic hydroxyl groups is 1. The van der Waals surface area contributed by atoms with Gasteiger partial charge in [0.05, 0.1) is 12.7 Å². The summed E-state index contributed by atoms with van der Waals surface area (Å²) in [6.45, 7) is 0.108. The number of aromatic nitrogens is 1. The van der Waals surface area contributed by atoms with E-state index in [4.69, 9.17) is 0 Å². The number of hydrogen-bond acceptors (Lipinski definition) is 3. The Labute approximate surface area is 127 Å². The molecule has 2 aromatic rings. The van der Waals surface area contributed by atoms with Gasteiger partial charge in [0, 0.05) is 0 Å². The van der Waals surface area contributed by atoms with Crippen molar-refractivity contribution < 1.29 is 14.3 Å². The van der Waals surface area contributed by atoms with Crippen molar-refractivity contribution in [1.82, 2.24) is 10.3 Å². The van der Waals surface area contributed by atoms with Crippen LogP contribution in [0.15, 0.2) is 42.6 Å². The molecular weight excluding hydrogens is 285 g/mol. The second-order valence-corrected chi connectivity index (χ2v) is 5.36. The summed E-state index contributed by atoms with van der Waals surface area (Å²) in [5, 5.41) is 15.8. The predicted octanol–water partition coefficient (Wildman–Crippen LogP) is 2.18. The van der Waals surface area contributed by atoms with E-state index < -0.39 is 17.4 Å². The standard InChI is InChI=1S/C16H16FN3O2/c17-12-5-6-14(18-9-12)20-15(21)19-10-16(22)8-7-11-3-1-2-4-13(11)16/h1-6,9,22H,7-8,10H2,(H2,18,19,20,21)/t16-/m0/s1. The maximum absolute atomic E-state index is 12.7. The predicted molar refractivity (Wildman–Crippen MR) is 79.9 cm³/mol. The van der Waals surface area contributed by atoms with Gasteiger partial charge in [0.1, 0.15) is 17.2 Å². The summed E-state index contributed by atoms with van der Waals surface area (Å²) in [6.07, 6.45) is 2.38. The molecule has 0 bridgehead atoms. The van der Waals surface area contributed by atoms with Crippen LogP contribution < -0.4 is 10.6 Å². The molecule has 1 aromatic heterocycles. The van der Waals surface area contributed by atoms with Crippen LogP contribution in [0.1, 0.15) is 17.5 Å². The quantitative estimate of drug-likeness (QED) is 0.813. The van der Waals surface area contributed by atoms with Gasteiger partial charge in [-0.05, 0) is 36.1 Å². The Kier molecular flexibility index (Phi) is 3.77. The average Bonchev–Trinajstić information content (AvgIpc) is 2.86. The van der Waals surface area contributed by atoms with Crippen LogP contribution in [-0.2, 0) is 12.0 Å². The van der Waals surface area contributed by atoms with E-state index in [1.165, 1.54) is 12.1 Å². The van der Waals surface area contributed by atoms with E-state index in [0.717, 1.165) is 23.7 Å². The third-order valence-electron chi connectivity index (χ3n) is 3.84. The van der Waals surface area contributed by atoms with E-state index in [1.54, 1.807) is 0 Å². The van der Waals surface area contributed by atoms with Gasteiger partial charge in [0.25, 0.3) is 0 Å². The van der Waals surface area contributed by atoms with Gasteiger partial charge in [-0.2, -0.15) is 0 Å². The molecule has 1 aliphatic carbocycles. The Morgan fingerprint density at radius 1 is 1.32 bits per heavy atom. The minimum Gasteiger partial charge on any atom is -0.383 e. The molecule has 3 N–H and O–H groups in total. The van der Waals surface area contributed by atoms with E-state index >= 15 is 0 Å². The highest BCUT2D eigenvalue weighted by Gasteiger charge is 2.36. The molecule has 6 heteroatoms. The molecule has 1 heterocycles. The van der Waals surface area contributed by atoms with Crippen molar-refractivity contribution in [2.24, 2.45) is 0 Å². The smallest absolute Gasteiger partial charge is 0.320 e. The summed E-state index contributed by atoms with van der Waals surface area (Å²) < 4.78 is 12.7. The third kappa shape index (κ3) is 2.92. The van der Waals surface area contributed by atoms with E-state index in [9.17, 15) is 14.3 Å². The fourth-order valence-corrected chi connectivity index (χ4v) is 2.69. The first-order valence-electron chi connectivity index (χ1n) is 7.04. The normalized spacial score (nSPS) is 19.5. The lowest BCUT2D eigenvalue weighted by atomic mass is 9.96. The zero-order valence-electron chi connectivity index (χ0n) is 11.8. The van der Waals surface area contributed by atoms with E-state index in [1.807, 2.05) is 24.3 Å².